The topological polar surface area (TPSA) is 43.6 Å². The molecule has 3 aromatic rings. The van der Waals surface area contributed by atoms with Gasteiger partial charge in [0.2, 0.25) is 0 Å². The van der Waals surface area contributed by atoms with Gasteiger partial charge in [-0.2, -0.15) is 5.10 Å². The molecule has 0 unspecified atom stereocenters. The van der Waals surface area contributed by atoms with Crippen molar-refractivity contribution in [1.29, 1.82) is 0 Å². The second-order valence-electron chi connectivity index (χ2n) is 4.74. The number of aryl methyl sites for hydroxylation is 3. The van der Waals surface area contributed by atoms with Crippen LogP contribution in [0.15, 0.2) is 55.1 Å². The molecule has 0 atom stereocenters. The minimum absolute atomic E-state index is 0.971. The largest absolute Gasteiger partial charge is 0.272 e. The maximum absolute atomic E-state index is 4.57. The van der Waals surface area contributed by atoms with Gasteiger partial charge >= 0.3 is 0 Å². The minimum Gasteiger partial charge on any atom is -0.272 e. The average Bonchev–Trinajstić information content (AvgIpc) is 2.88. The lowest BCUT2D eigenvalue weighted by Crippen LogP contribution is -2.00. The van der Waals surface area contributed by atoms with Crippen molar-refractivity contribution in [2.75, 3.05) is 0 Å². The summed E-state index contributed by atoms with van der Waals surface area (Å²) in [6.07, 6.45) is 9.22. The summed E-state index contributed by atoms with van der Waals surface area (Å²) in [5, 5.41) is 4.57. The fourth-order valence-electron chi connectivity index (χ4n) is 2.23. The number of pyridine rings is 2. The van der Waals surface area contributed by atoms with Gasteiger partial charge in [-0.25, -0.2) is 0 Å². The van der Waals surface area contributed by atoms with E-state index in [-0.39, 0.29) is 0 Å². The van der Waals surface area contributed by atoms with E-state index < -0.39 is 0 Å². The number of hydrogen-bond donors (Lipinski definition) is 0. The quantitative estimate of drug-likeness (QED) is 0.727. The molecule has 0 aliphatic rings. The molecule has 0 spiro atoms. The Morgan fingerprint density at radius 3 is 2.25 bits per heavy atom. The van der Waals surface area contributed by atoms with Crippen molar-refractivity contribution >= 4 is 0 Å². The summed E-state index contributed by atoms with van der Waals surface area (Å²) in [5.74, 6) is 0. The number of nitrogens with zero attached hydrogens (tertiary/aromatic N) is 4. The van der Waals surface area contributed by atoms with E-state index in [0.717, 1.165) is 24.1 Å². The minimum atomic E-state index is 0.971. The first-order valence-corrected chi connectivity index (χ1v) is 6.65. The first-order valence-electron chi connectivity index (χ1n) is 6.65. The van der Waals surface area contributed by atoms with E-state index in [9.17, 15) is 0 Å². The Hall–Kier alpha value is -2.49. The zero-order chi connectivity index (χ0) is 13.8. The van der Waals surface area contributed by atoms with Crippen molar-refractivity contribution in [3.8, 4) is 11.3 Å². The molecule has 0 amide bonds. The Labute approximate surface area is 118 Å². The van der Waals surface area contributed by atoms with Crippen LogP contribution in [-0.2, 0) is 19.9 Å². The monoisotopic (exact) mass is 264 g/mol. The molecule has 100 valence electrons. The molecule has 3 aromatic heterocycles. The lowest BCUT2D eigenvalue weighted by atomic mass is 10.1. The third-order valence-corrected chi connectivity index (χ3v) is 3.37. The Kier molecular flexibility index (Phi) is 3.54. The van der Waals surface area contributed by atoms with Crippen LogP contribution in [0.4, 0.5) is 0 Å². The lowest BCUT2D eigenvalue weighted by Gasteiger charge is -2.01. The van der Waals surface area contributed by atoms with Crippen LogP contribution >= 0.6 is 0 Å². The van der Waals surface area contributed by atoms with Gasteiger partial charge in [0.05, 0.1) is 5.69 Å². The highest BCUT2D eigenvalue weighted by Gasteiger charge is 2.07. The highest BCUT2D eigenvalue weighted by Crippen LogP contribution is 2.18. The molecule has 0 N–H and O–H groups in total. The Morgan fingerprint density at radius 1 is 0.900 bits per heavy atom. The van der Waals surface area contributed by atoms with Gasteiger partial charge < -0.3 is 0 Å². The predicted molar refractivity (Wildman–Crippen MR) is 78.1 cm³/mol. The second-order valence-corrected chi connectivity index (χ2v) is 4.74. The van der Waals surface area contributed by atoms with Crippen LogP contribution < -0.4 is 0 Å². The zero-order valence-electron chi connectivity index (χ0n) is 11.4. The molecule has 3 heterocycles. The standard InChI is InChI=1S/C16H16N4/c1-20-15(3-2-13-4-8-17-9-5-13)12-16(19-20)14-6-10-18-11-7-14/h4-12H,2-3H2,1H3. The highest BCUT2D eigenvalue weighted by atomic mass is 15.3. The first kappa shape index (κ1) is 12.5. The van der Waals surface area contributed by atoms with Crippen LogP contribution in [0.5, 0.6) is 0 Å². The molecule has 0 radical (unpaired) electrons. The first-order chi connectivity index (χ1) is 9.83. The Bertz CT molecular complexity index is 674. The van der Waals surface area contributed by atoms with Gasteiger partial charge in [-0.15, -0.1) is 0 Å². The normalized spacial score (nSPS) is 10.7. The van der Waals surface area contributed by atoms with Crippen molar-refractivity contribution < 1.29 is 0 Å². The fraction of sp³-hybridized carbons (Fsp3) is 0.188. The maximum Gasteiger partial charge on any atom is 0.0927 e. The van der Waals surface area contributed by atoms with Crippen LogP contribution in [0.1, 0.15) is 11.3 Å². The molecule has 0 fully saturated rings. The van der Waals surface area contributed by atoms with E-state index in [1.165, 1.54) is 11.3 Å². The van der Waals surface area contributed by atoms with E-state index in [1.54, 1.807) is 12.4 Å². The summed E-state index contributed by atoms with van der Waals surface area (Å²) in [4.78, 5) is 8.07. The van der Waals surface area contributed by atoms with Crippen molar-refractivity contribution in [3.63, 3.8) is 0 Å². The van der Waals surface area contributed by atoms with Gasteiger partial charge in [-0.1, -0.05) is 0 Å². The summed E-state index contributed by atoms with van der Waals surface area (Å²) in [7, 11) is 1.99. The Balaban J connectivity index is 1.76. The van der Waals surface area contributed by atoms with Gasteiger partial charge in [-0.3, -0.25) is 14.6 Å². The fourth-order valence-corrected chi connectivity index (χ4v) is 2.23. The van der Waals surface area contributed by atoms with Crippen LogP contribution in [0.25, 0.3) is 11.3 Å². The molecular weight excluding hydrogens is 248 g/mol. The average molecular weight is 264 g/mol. The molecule has 4 heteroatoms. The van der Waals surface area contributed by atoms with Crippen LogP contribution in [0.2, 0.25) is 0 Å². The van der Waals surface area contributed by atoms with Crippen molar-refractivity contribution in [3.05, 3.63) is 66.4 Å². The van der Waals surface area contributed by atoms with Gasteiger partial charge in [-0.05, 0) is 48.7 Å². The summed E-state index contributed by atoms with van der Waals surface area (Å²) in [5.41, 5.74) is 4.63. The summed E-state index contributed by atoms with van der Waals surface area (Å²) >= 11 is 0. The van der Waals surface area contributed by atoms with Crippen molar-refractivity contribution in [2.24, 2.45) is 7.05 Å². The highest BCUT2D eigenvalue weighted by molar-refractivity contribution is 5.58. The lowest BCUT2D eigenvalue weighted by molar-refractivity contribution is 0.705. The van der Waals surface area contributed by atoms with Crippen molar-refractivity contribution in [1.82, 2.24) is 19.7 Å². The van der Waals surface area contributed by atoms with Crippen molar-refractivity contribution in [2.45, 2.75) is 12.8 Å². The van der Waals surface area contributed by atoms with E-state index in [0.29, 0.717) is 0 Å². The zero-order valence-corrected chi connectivity index (χ0v) is 11.4. The second kappa shape index (κ2) is 5.65. The Morgan fingerprint density at radius 2 is 1.55 bits per heavy atom. The molecule has 0 saturated carbocycles. The SMILES string of the molecule is Cn1nc(-c2ccncc2)cc1CCc1ccncc1. The number of aromatic nitrogens is 4. The molecule has 3 rings (SSSR count). The number of rotatable bonds is 4. The van der Waals surface area contributed by atoms with E-state index in [1.807, 2.05) is 36.3 Å². The van der Waals surface area contributed by atoms with E-state index in [2.05, 4.69) is 33.3 Å². The molecule has 0 bridgehead atoms. The smallest absolute Gasteiger partial charge is 0.0927 e. The third kappa shape index (κ3) is 2.74. The van der Waals surface area contributed by atoms with E-state index in [4.69, 9.17) is 0 Å². The van der Waals surface area contributed by atoms with Gasteiger partial charge in [0.1, 0.15) is 0 Å². The summed E-state index contributed by atoms with van der Waals surface area (Å²) < 4.78 is 1.96. The molecule has 0 aromatic carbocycles. The molecule has 0 aliphatic carbocycles. The van der Waals surface area contributed by atoms with Gasteiger partial charge in [0.25, 0.3) is 0 Å². The van der Waals surface area contributed by atoms with Gasteiger partial charge in [0.15, 0.2) is 0 Å². The van der Waals surface area contributed by atoms with Gasteiger partial charge in [0, 0.05) is 43.1 Å². The number of hydrogen-bond acceptors (Lipinski definition) is 3. The van der Waals surface area contributed by atoms with Crippen LogP contribution in [0, 0.1) is 0 Å². The molecule has 20 heavy (non-hydrogen) atoms. The third-order valence-electron chi connectivity index (χ3n) is 3.37. The van der Waals surface area contributed by atoms with Crippen LogP contribution in [0.3, 0.4) is 0 Å². The van der Waals surface area contributed by atoms with Crippen LogP contribution in [-0.4, -0.2) is 19.7 Å². The molecule has 0 saturated heterocycles. The molecular formula is C16H16N4. The molecule has 0 aliphatic heterocycles. The molecule has 4 nitrogen and oxygen atoms in total. The van der Waals surface area contributed by atoms with E-state index >= 15 is 0 Å². The predicted octanol–water partition coefficient (Wildman–Crippen LogP) is 2.66. The summed E-state index contributed by atoms with van der Waals surface area (Å²) in [6, 6.07) is 10.2. The maximum atomic E-state index is 4.57. The summed E-state index contributed by atoms with van der Waals surface area (Å²) in [6.45, 7) is 0.